The molecule has 0 aliphatic carbocycles. The second-order valence-corrected chi connectivity index (χ2v) is 9.42. The topological polar surface area (TPSA) is 20.2 Å². The molecule has 0 heterocycles. The molecule has 0 saturated carbocycles. The van der Waals surface area contributed by atoms with Gasteiger partial charge in [0.15, 0.2) is 0 Å². The summed E-state index contributed by atoms with van der Waals surface area (Å²) in [5, 5.41) is 9.32. The smallest absolute Gasteiger partial charge is 0.0768 e. The molecule has 0 aromatic heterocycles. The molecular weight excluding hydrogens is 140 g/mol. The summed E-state index contributed by atoms with van der Waals surface area (Å²) >= 11 is 0. The summed E-state index contributed by atoms with van der Waals surface area (Å²) in [6.07, 6.45) is 1.89. The molecule has 1 nitrogen and oxygen atoms in total. The van der Waals surface area contributed by atoms with Crippen LogP contribution in [0.15, 0.2) is 11.8 Å². The van der Waals surface area contributed by atoms with Gasteiger partial charge in [-0.1, -0.05) is 31.4 Å². The summed E-state index contributed by atoms with van der Waals surface area (Å²) in [5.74, 6) is 0. The van der Waals surface area contributed by atoms with Crippen molar-refractivity contribution >= 4 is 8.07 Å². The predicted molar refractivity (Wildman–Crippen MR) is 48.8 cm³/mol. The molecular formula is C8H18OSi. The van der Waals surface area contributed by atoms with Crippen LogP contribution in [0, 0.1) is 0 Å². The Kier molecular flexibility index (Phi) is 2.86. The van der Waals surface area contributed by atoms with E-state index in [2.05, 4.69) is 25.3 Å². The Morgan fingerprint density at radius 1 is 1.20 bits per heavy atom. The standard InChI is InChI=1S/C8H18OSi/c1-8(2,9)6-7-10(3,4)5/h6-7,9H,1-5H3. The van der Waals surface area contributed by atoms with Crippen molar-refractivity contribution in [2.45, 2.75) is 39.1 Å². The molecule has 0 spiro atoms. The van der Waals surface area contributed by atoms with Gasteiger partial charge in [-0.25, -0.2) is 0 Å². The van der Waals surface area contributed by atoms with E-state index in [-0.39, 0.29) is 0 Å². The van der Waals surface area contributed by atoms with Gasteiger partial charge < -0.3 is 5.11 Å². The summed E-state index contributed by atoms with van der Waals surface area (Å²) in [6.45, 7) is 10.3. The monoisotopic (exact) mass is 158 g/mol. The Morgan fingerprint density at radius 3 is 1.70 bits per heavy atom. The summed E-state index contributed by atoms with van der Waals surface area (Å²) in [5.41, 5.74) is 1.52. The van der Waals surface area contributed by atoms with E-state index < -0.39 is 13.7 Å². The zero-order valence-corrected chi connectivity index (χ0v) is 8.60. The van der Waals surface area contributed by atoms with Gasteiger partial charge in [-0.2, -0.15) is 0 Å². The fraction of sp³-hybridized carbons (Fsp3) is 0.750. The fourth-order valence-electron chi connectivity index (χ4n) is 0.454. The van der Waals surface area contributed by atoms with Crippen molar-refractivity contribution in [2.75, 3.05) is 0 Å². The van der Waals surface area contributed by atoms with Crippen molar-refractivity contribution in [3.8, 4) is 0 Å². The number of hydrogen-bond donors (Lipinski definition) is 1. The van der Waals surface area contributed by atoms with Crippen molar-refractivity contribution in [3.63, 3.8) is 0 Å². The van der Waals surface area contributed by atoms with Crippen LogP contribution < -0.4 is 0 Å². The van der Waals surface area contributed by atoms with Crippen LogP contribution in [0.5, 0.6) is 0 Å². The number of rotatable bonds is 2. The van der Waals surface area contributed by atoms with Gasteiger partial charge in [0, 0.05) is 0 Å². The van der Waals surface area contributed by atoms with Crippen molar-refractivity contribution in [3.05, 3.63) is 11.8 Å². The van der Waals surface area contributed by atoms with Gasteiger partial charge in [0.25, 0.3) is 0 Å². The average Bonchev–Trinajstić information content (AvgIpc) is 1.57. The van der Waals surface area contributed by atoms with Crippen LogP contribution in [0.3, 0.4) is 0 Å². The third-order valence-corrected chi connectivity index (χ3v) is 2.16. The normalized spacial score (nSPS) is 14.6. The largest absolute Gasteiger partial charge is 0.386 e. The van der Waals surface area contributed by atoms with E-state index >= 15 is 0 Å². The van der Waals surface area contributed by atoms with Crippen molar-refractivity contribution in [2.24, 2.45) is 0 Å². The Hall–Kier alpha value is -0.0831. The molecule has 0 bridgehead atoms. The van der Waals surface area contributed by atoms with E-state index in [0.717, 1.165) is 0 Å². The van der Waals surface area contributed by atoms with Gasteiger partial charge in [0.05, 0.1) is 13.7 Å². The molecule has 0 rings (SSSR count). The fourth-order valence-corrected chi connectivity index (χ4v) is 1.36. The van der Waals surface area contributed by atoms with Crippen LogP contribution >= 0.6 is 0 Å². The van der Waals surface area contributed by atoms with Gasteiger partial charge in [-0.3, -0.25) is 0 Å². The molecule has 0 radical (unpaired) electrons. The first kappa shape index (κ1) is 9.92. The zero-order chi connectivity index (χ0) is 8.41. The first-order valence-electron chi connectivity index (χ1n) is 3.63. The molecule has 2 heteroatoms. The summed E-state index contributed by atoms with van der Waals surface area (Å²) < 4.78 is 0. The van der Waals surface area contributed by atoms with E-state index in [4.69, 9.17) is 0 Å². The molecule has 0 aromatic rings. The maximum absolute atomic E-state index is 9.32. The van der Waals surface area contributed by atoms with E-state index in [0.29, 0.717) is 0 Å². The number of hydrogen-bond acceptors (Lipinski definition) is 1. The van der Waals surface area contributed by atoms with Gasteiger partial charge in [0.1, 0.15) is 0 Å². The highest BCUT2D eigenvalue weighted by molar-refractivity contribution is 6.80. The Bertz CT molecular complexity index is 109. The summed E-state index contributed by atoms with van der Waals surface area (Å²) in [7, 11) is -1.11. The first-order chi connectivity index (χ1) is 4.21. The quantitative estimate of drug-likeness (QED) is 0.611. The molecule has 10 heavy (non-hydrogen) atoms. The SMILES string of the molecule is CC(C)(O)C=C[Si](C)(C)C. The highest BCUT2D eigenvalue weighted by atomic mass is 28.3. The molecule has 0 unspecified atom stereocenters. The number of aliphatic hydroxyl groups is 1. The second kappa shape index (κ2) is 2.89. The highest BCUT2D eigenvalue weighted by Crippen LogP contribution is 2.08. The van der Waals surface area contributed by atoms with Crippen molar-refractivity contribution < 1.29 is 5.11 Å². The van der Waals surface area contributed by atoms with E-state index in [1.165, 1.54) is 0 Å². The van der Waals surface area contributed by atoms with Crippen LogP contribution in [0.25, 0.3) is 0 Å². The Morgan fingerprint density at radius 2 is 1.60 bits per heavy atom. The maximum atomic E-state index is 9.32. The van der Waals surface area contributed by atoms with Crippen LogP contribution in [-0.2, 0) is 0 Å². The van der Waals surface area contributed by atoms with Gasteiger partial charge in [0.2, 0.25) is 0 Å². The minimum absolute atomic E-state index is 0.639. The molecule has 0 amide bonds. The molecule has 0 aromatic carbocycles. The molecule has 0 aliphatic heterocycles. The lowest BCUT2D eigenvalue weighted by molar-refractivity contribution is 0.133. The minimum Gasteiger partial charge on any atom is -0.386 e. The molecule has 1 N–H and O–H groups in total. The van der Waals surface area contributed by atoms with Crippen LogP contribution in [0.1, 0.15) is 13.8 Å². The third kappa shape index (κ3) is 7.92. The predicted octanol–water partition coefficient (Wildman–Crippen LogP) is 2.19. The summed E-state index contributed by atoms with van der Waals surface area (Å²) in [4.78, 5) is 0. The van der Waals surface area contributed by atoms with E-state index in [9.17, 15) is 5.11 Å². The Balaban J connectivity index is 4.01. The van der Waals surface area contributed by atoms with Crippen LogP contribution in [-0.4, -0.2) is 18.8 Å². The van der Waals surface area contributed by atoms with Crippen LogP contribution in [0.4, 0.5) is 0 Å². The van der Waals surface area contributed by atoms with Crippen molar-refractivity contribution in [1.82, 2.24) is 0 Å². The van der Waals surface area contributed by atoms with Crippen LogP contribution in [0.2, 0.25) is 19.6 Å². The third-order valence-electron chi connectivity index (χ3n) is 0.991. The lowest BCUT2D eigenvalue weighted by atomic mass is 10.1. The lowest BCUT2D eigenvalue weighted by Gasteiger charge is -2.14. The molecule has 60 valence electrons. The highest BCUT2D eigenvalue weighted by Gasteiger charge is 2.11. The molecule has 0 aliphatic rings. The van der Waals surface area contributed by atoms with Crippen molar-refractivity contribution in [1.29, 1.82) is 0 Å². The summed E-state index contributed by atoms with van der Waals surface area (Å²) in [6, 6.07) is 0. The van der Waals surface area contributed by atoms with Gasteiger partial charge in [-0.05, 0) is 13.8 Å². The lowest BCUT2D eigenvalue weighted by Crippen LogP contribution is -2.20. The zero-order valence-electron chi connectivity index (χ0n) is 7.60. The minimum atomic E-state index is -1.11. The van der Waals surface area contributed by atoms with E-state index in [1.807, 2.05) is 6.08 Å². The Labute approximate surface area is 64.8 Å². The van der Waals surface area contributed by atoms with Gasteiger partial charge in [-0.15, -0.1) is 0 Å². The molecule has 0 atom stereocenters. The van der Waals surface area contributed by atoms with E-state index in [1.54, 1.807) is 13.8 Å². The molecule has 0 fully saturated rings. The molecule has 0 saturated heterocycles. The average molecular weight is 158 g/mol. The van der Waals surface area contributed by atoms with Gasteiger partial charge >= 0.3 is 0 Å². The first-order valence-corrected chi connectivity index (χ1v) is 7.21. The second-order valence-electron chi connectivity index (χ2n) is 4.35. The maximum Gasteiger partial charge on any atom is 0.0768 e.